The van der Waals surface area contributed by atoms with Gasteiger partial charge in [-0.2, -0.15) is 0 Å². The smallest absolute Gasteiger partial charge is 0.211 e. The van der Waals surface area contributed by atoms with Gasteiger partial charge < -0.3 is 24.8 Å². The Bertz CT molecular complexity index is 1280. The highest BCUT2D eigenvalue weighted by Crippen LogP contribution is 2.35. The van der Waals surface area contributed by atoms with Gasteiger partial charge in [0.1, 0.15) is 24.2 Å². The van der Waals surface area contributed by atoms with E-state index in [1.165, 1.54) is 11.1 Å². The molecule has 0 aromatic heterocycles. The summed E-state index contributed by atoms with van der Waals surface area (Å²) in [6.07, 6.45) is 1.84. The second-order valence-electron chi connectivity index (χ2n) is 9.43. The first kappa shape index (κ1) is 27.9. The van der Waals surface area contributed by atoms with Crippen LogP contribution in [0.4, 0.5) is 5.69 Å². The highest BCUT2D eigenvalue weighted by molar-refractivity contribution is 5.76. The summed E-state index contributed by atoms with van der Waals surface area (Å²) >= 11 is 0. The predicted octanol–water partition coefficient (Wildman–Crippen LogP) is 6.32. The third-order valence-electron chi connectivity index (χ3n) is 6.36. The summed E-state index contributed by atoms with van der Waals surface area (Å²) in [5.74, 6) is 1.57. The first-order chi connectivity index (χ1) is 19.1. The first-order valence-electron chi connectivity index (χ1n) is 13.2. The maximum atomic E-state index is 10.7. The van der Waals surface area contributed by atoms with E-state index in [4.69, 9.17) is 14.2 Å². The minimum atomic E-state index is 0.158. The SMILES string of the molecule is COc1ccc(C[C@@H](C)NCc2ccccc2)cc1.O=CNc1cc([C@@H]2CO2)ccc1OCc1ccccc1. The summed E-state index contributed by atoms with van der Waals surface area (Å²) in [5, 5.41) is 6.22. The molecule has 5 rings (SSSR count). The third kappa shape index (κ3) is 9.28. The molecule has 4 aromatic rings. The van der Waals surface area contributed by atoms with Crippen LogP contribution in [0.3, 0.4) is 0 Å². The van der Waals surface area contributed by atoms with Gasteiger partial charge in [-0.15, -0.1) is 0 Å². The van der Waals surface area contributed by atoms with E-state index in [-0.39, 0.29) is 6.10 Å². The zero-order chi connectivity index (χ0) is 27.3. The van der Waals surface area contributed by atoms with Gasteiger partial charge in [-0.3, -0.25) is 4.79 Å². The second-order valence-corrected chi connectivity index (χ2v) is 9.43. The van der Waals surface area contributed by atoms with E-state index in [2.05, 4.69) is 54.0 Å². The molecular formula is C33H36N2O4. The second kappa shape index (κ2) is 14.7. The lowest BCUT2D eigenvalue weighted by molar-refractivity contribution is -0.105. The molecule has 1 fully saturated rings. The number of epoxide rings is 1. The molecule has 6 nitrogen and oxygen atoms in total. The van der Waals surface area contributed by atoms with Crippen LogP contribution in [-0.4, -0.2) is 26.2 Å². The Morgan fingerprint density at radius 2 is 1.56 bits per heavy atom. The van der Waals surface area contributed by atoms with Crippen LogP contribution in [0.15, 0.2) is 103 Å². The number of amides is 1. The molecule has 0 unspecified atom stereocenters. The van der Waals surface area contributed by atoms with E-state index in [0.717, 1.165) is 36.4 Å². The minimum absolute atomic E-state index is 0.158. The average Bonchev–Trinajstić information content (AvgIpc) is 3.83. The number of carbonyl (C=O) groups is 1. The quantitative estimate of drug-likeness (QED) is 0.168. The van der Waals surface area contributed by atoms with Gasteiger partial charge in [-0.25, -0.2) is 0 Å². The molecule has 2 atom stereocenters. The van der Waals surface area contributed by atoms with E-state index >= 15 is 0 Å². The van der Waals surface area contributed by atoms with Crippen LogP contribution in [-0.2, 0) is 29.1 Å². The van der Waals surface area contributed by atoms with Crippen LogP contribution in [0, 0.1) is 0 Å². The summed E-state index contributed by atoms with van der Waals surface area (Å²) in [6, 6.07) is 34.8. The van der Waals surface area contributed by atoms with Gasteiger partial charge in [0.25, 0.3) is 0 Å². The maximum Gasteiger partial charge on any atom is 0.211 e. The van der Waals surface area contributed by atoms with Crippen molar-refractivity contribution in [3.63, 3.8) is 0 Å². The van der Waals surface area contributed by atoms with Crippen molar-refractivity contribution in [2.45, 2.75) is 38.6 Å². The number of rotatable bonds is 12. The largest absolute Gasteiger partial charge is 0.497 e. The molecule has 0 saturated carbocycles. The minimum Gasteiger partial charge on any atom is -0.497 e. The molecule has 0 radical (unpaired) electrons. The number of nitrogens with one attached hydrogen (secondary N) is 2. The van der Waals surface area contributed by atoms with E-state index in [1.54, 1.807) is 7.11 Å². The van der Waals surface area contributed by atoms with Crippen LogP contribution in [0.2, 0.25) is 0 Å². The zero-order valence-corrected chi connectivity index (χ0v) is 22.5. The van der Waals surface area contributed by atoms with Gasteiger partial charge >= 0.3 is 0 Å². The first-order valence-corrected chi connectivity index (χ1v) is 13.2. The monoisotopic (exact) mass is 524 g/mol. The fourth-order valence-corrected chi connectivity index (χ4v) is 4.10. The fourth-order valence-electron chi connectivity index (χ4n) is 4.10. The normalized spacial score (nSPS) is 14.4. The predicted molar refractivity (Wildman–Crippen MR) is 155 cm³/mol. The van der Waals surface area contributed by atoms with Gasteiger partial charge in [0.2, 0.25) is 6.41 Å². The molecule has 1 heterocycles. The van der Waals surface area contributed by atoms with Crippen molar-refractivity contribution in [3.8, 4) is 11.5 Å². The summed E-state index contributed by atoms with van der Waals surface area (Å²) in [7, 11) is 1.69. The summed E-state index contributed by atoms with van der Waals surface area (Å²) < 4.78 is 16.2. The van der Waals surface area contributed by atoms with Gasteiger partial charge in [0.15, 0.2) is 0 Å². The molecule has 1 aliphatic heterocycles. The maximum absolute atomic E-state index is 10.7. The van der Waals surface area contributed by atoms with Gasteiger partial charge in [-0.1, -0.05) is 78.9 Å². The number of ether oxygens (including phenoxy) is 3. The van der Waals surface area contributed by atoms with Crippen molar-refractivity contribution in [1.29, 1.82) is 0 Å². The molecule has 202 valence electrons. The third-order valence-corrected chi connectivity index (χ3v) is 6.36. The van der Waals surface area contributed by atoms with Crippen LogP contribution in [0.1, 0.15) is 35.3 Å². The van der Waals surface area contributed by atoms with E-state index in [9.17, 15) is 4.79 Å². The number of hydrogen-bond acceptors (Lipinski definition) is 5. The van der Waals surface area contributed by atoms with Crippen molar-refractivity contribution in [2.24, 2.45) is 0 Å². The van der Waals surface area contributed by atoms with Gasteiger partial charge in [-0.05, 0) is 59.9 Å². The molecule has 4 aromatic carbocycles. The fraction of sp³-hybridized carbons (Fsp3) is 0.242. The average molecular weight is 525 g/mol. The van der Waals surface area contributed by atoms with Gasteiger partial charge in [0.05, 0.1) is 19.4 Å². The Morgan fingerprint density at radius 3 is 2.18 bits per heavy atom. The van der Waals surface area contributed by atoms with Crippen LogP contribution in [0.25, 0.3) is 0 Å². The lowest BCUT2D eigenvalue weighted by atomic mass is 10.1. The summed E-state index contributed by atoms with van der Waals surface area (Å²) in [4.78, 5) is 10.7. The van der Waals surface area contributed by atoms with Crippen molar-refractivity contribution in [2.75, 3.05) is 19.0 Å². The Morgan fingerprint density at radius 1 is 0.897 bits per heavy atom. The number of hydrogen-bond donors (Lipinski definition) is 2. The Labute approximate surface area is 230 Å². The van der Waals surface area contributed by atoms with Gasteiger partial charge in [0, 0.05) is 12.6 Å². The van der Waals surface area contributed by atoms with E-state index in [1.807, 2.05) is 66.7 Å². The van der Waals surface area contributed by atoms with Crippen molar-refractivity contribution < 1.29 is 19.0 Å². The Balaban J connectivity index is 0.000000181. The molecule has 0 aliphatic carbocycles. The zero-order valence-electron chi connectivity index (χ0n) is 22.5. The Kier molecular flexibility index (Phi) is 10.5. The van der Waals surface area contributed by atoms with E-state index in [0.29, 0.717) is 30.5 Å². The standard InChI is InChI=1S/C17H21NO.C16H15NO3/c1-14(18-13-16-6-4-3-5-7-16)12-15-8-10-17(19-2)11-9-15;18-11-17-14-8-13(16-10-20-16)6-7-15(14)19-9-12-4-2-1-3-5-12/h3-11,14,18H,12-13H2,1-2H3;1-8,11,16H,9-10H2,(H,17,18)/t14-;16-/m10/s1. The lowest BCUT2D eigenvalue weighted by Crippen LogP contribution is -2.27. The molecule has 0 bridgehead atoms. The van der Waals surface area contributed by atoms with E-state index < -0.39 is 0 Å². The van der Waals surface area contributed by atoms with Crippen LogP contribution in [0.5, 0.6) is 11.5 Å². The Hall–Kier alpha value is -4.13. The molecule has 1 aliphatic rings. The summed E-state index contributed by atoms with van der Waals surface area (Å²) in [6.45, 7) is 4.34. The highest BCUT2D eigenvalue weighted by atomic mass is 16.6. The van der Waals surface area contributed by atoms with Crippen molar-refractivity contribution >= 4 is 12.1 Å². The molecule has 0 spiro atoms. The number of benzene rings is 4. The van der Waals surface area contributed by atoms with Crippen LogP contribution < -0.4 is 20.1 Å². The topological polar surface area (TPSA) is 72.1 Å². The van der Waals surface area contributed by atoms with Crippen LogP contribution >= 0.6 is 0 Å². The van der Waals surface area contributed by atoms with Crippen molar-refractivity contribution in [1.82, 2.24) is 5.32 Å². The molecule has 2 N–H and O–H groups in total. The summed E-state index contributed by atoms with van der Waals surface area (Å²) in [5.41, 5.74) is 5.46. The lowest BCUT2D eigenvalue weighted by Gasteiger charge is -2.14. The number of methoxy groups -OCH3 is 1. The molecule has 1 amide bonds. The number of anilines is 1. The number of carbonyl (C=O) groups excluding carboxylic acids is 1. The van der Waals surface area contributed by atoms with Crippen molar-refractivity contribution in [3.05, 3.63) is 125 Å². The molecule has 6 heteroatoms. The molecule has 1 saturated heterocycles. The molecule has 39 heavy (non-hydrogen) atoms. The molecular weight excluding hydrogens is 488 g/mol. The highest BCUT2D eigenvalue weighted by Gasteiger charge is 2.25.